The van der Waals surface area contributed by atoms with Crippen LogP contribution in [0.4, 0.5) is 0 Å². The zero-order valence-corrected chi connectivity index (χ0v) is 10.1. The summed E-state index contributed by atoms with van der Waals surface area (Å²) < 4.78 is 11.1. The standard InChI is InChI=1S/C9H20N2O2Si/c1-12-14(2,9-5-7-11)13-8-4-3-6-10/h3-5,7-9,11H2,1-2H3. The SMILES string of the molecule is CO[Si](C)(CCCN)OCCCC#N. The zero-order valence-electron chi connectivity index (χ0n) is 9.08. The van der Waals surface area contributed by atoms with Gasteiger partial charge in [0.05, 0.1) is 6.07 Å². The highest BCUT2D eigenvalue weighted by atomic mass is 28.4. The molecule has 4 nitrogen and oxygen atoms in total. The smallest absolute Gasteiger partial charge is 0.334 e. The van der Waals surface area contributed by atoms with Crippen molar-refractivity contribution in [3.63, 3.8) is 0 Å². The lowest BCUT2D eigenvalue weighted by atomic mass is 10.4. The fourth-order valence-corrected chi connectivity index (χ4v) is 2.98. The van der Waals surface area contributed by atoms with Crippen molar-refractivity contribution >= 4 is 8.56 Å². The molecular formula is C9H20N2O2Si. The molecule has 1 atom stereocenters. The molecule has 5 heteroatoms. The molecule has 0 aromatic heterocycles. The first kappa shape index (κ1) is 13.6. The van der Waals surface area contributed by atoms with E-state index in [2.05, 4.69) is 6.07 Å². The Bertz CT molecular complexity index is 184. The topological polar surface area (TPSA) is 68.3 Å². The van der Waals surface area contributed by atoms with Crippen LogP contribution in [0.3, 0.4) is 0 Å². The molecule has 1 unspecified atom stereocenters. The van der Waals surface area contributed by atoms with Gasteiger partial charge in [-0.15, -0.1) is 0 Å². The summed E-state index contributed by atoms with van der Waals surface area (Å²) in [6, 6.07) is 3.01. The Kier molecular flexibility index (Phi) is 7.71. The van der Waals surface area contributed by atoms with Crippen LogP contribution in [-0.2, 0) is 8.85 Å². The maximum Gasteiger partial charge on any atom is 0.334 e. The summed E-state index contributed by atoms with van der Waals surface area (Å²) in [5.74, 6) is 0. The fraction of sp³-hybridized carbons (Fsp3) is 0.889. The molecule has 0 saturated heterocycles. The maximum atomic E-state index is 8.35. The third-order valence-electron chi connectivity index (χ3n) is 2.11. The summed E-state index contributed by atoms with van der Waals surface area (Å²) in [6.45, 7) is 3.33. The minimum Gasteiger partial charge on any atom is -0.398 e. The molecule has 0 aliphatic rings. The minimum absolute atomic E-state index is 0.547. The number of nitriles is 1. The van der Waals surface area contributed by atoms with E-state index in [9.17, 15) is 0 Å². The van der Waals surface area contributed by atoms with Gasteiger partial charge in [0.25, 0.3) is 0 Å². The van der Waals surface area contributed by atoms with E-state index in [1.165, 1.54) is 0 Å². The second kappa shape index (κ2) is 7.94. The minimum atomic E-state index is -1.98. The zero-order chi connectivity index (χ0) is 10.9. The number of hydrogen-bond acceptors (Lipinski definition) is 4. The molecule has 0 aliphatic heterocycles. The van der Waals surface area contributed by atoms with Crippen LogP contribution in [0.2, 0.25) is 12.6 Å². The number of nitrogens with zero attached hydrogens (tertiary/aromatic N) is 1. The second-order valence-electron chi connectivity index (χ2n) is 3.34. The Labute approximate surface area is 87.2 Å². The normalized spacial score (nSPS) is 14.7. The Morgan fingerprint density at radius 2 is 2.14 bits per heavy atom. The molecule has 82 valence electrons. The average Bonchev–Trinajstić information content (AvgIpc) is 2.22. The van der Waals surface area contributed by atoms with Crippen LogP contribution in [0.1, 0.15) is 19.3 Å². The quantitative estimate of drug-likeness (QED) is 0.491. The molecule has 0 spiro atoms. The highest BCUT2D eigenvalue weighted by Crippen LogP contribution is 2.14. The number of unbranched alkanes of at least 4 members (excludes halogenated alkanes) is 1. The van der Waals surface area contributed by atoms with E-state index in [0.29, 0.717) is 19.6 Å². The van der Waals surface area contributed by atoms with Crippen LogP contribution in [0.25, 0.3) is 0 Å². The van der Waals surface area contributed by atoms with E-state index in [1.807, 2.05) is 6.55 Å². The van der Waals surface area contributed by atoms with Crippen molar-refractivity contribution in [3.05, 3.63) is 0 Å². The third-order valence-corrected chi connectivity index (χ3v) is 5.05. The van der Waals surface area contributed by atoms with Gasteiger partial charge in [-0.25, -0.2) is 0 Å². The molecule has 2 N–H and O–H groups in total. The molecule has 0 heterocycles. The van der Waals surface area contributed by atoms with E-state index in [-0.39, 0.29) is 0 Å². The molecular weight excluding hydrogens is 196 g/mol. The van der Waals surface area contributed by atoms with E-state index < -0.39 is 8.56 Å². The summed E-state index contributed by atoms with van der Waals surface area (Å²) in [6.07, 6.45) is 2.27. The lowest BCUT2D eigenvalue weighted by molar-refractivity contribution is 0.202. The monoisotopic (exact) mass is 216 g/mol. The first-order chi connectivity index (χ1) is 6.68. The van der Waals surface area contributed by atoms with E-state index in [1.54, 1.807) is 7.11 Å². The van der Waals surface area contributed by atoms with Crippen LogP contribution >= 0.6 is 0 Å². The lowest BCUT2D eigenvalue weighted by Crippen LogP contribution is -2.38. The molecule has 0 amide bonds. The van der Waals surface area contributed by atoms with Crippen molar-refractivity contribution in [2.45, 2.75) is 31.9 Å². The van der Waals surface area contributed by atoms with E-state index in [0.717, 1.165) is 18.9 Å². The Hall–Kier alpha value is -0.413. The molecule has 0 radical (unpaired) electrons. The highest BCUT2D eigenvalue weighted by molar-refractivity contribution is 6.65. The Balaban J connectivity index is 3.69. The van der Waals surface area contributed by atoms with Crippen LogP contribution < -0.4 is 5.73 Å². The molecule has 0 aromatic rings. The van der Waals surface area contributed by atoms with E-state index in [4.69, 9.17) is 19.8 Å². The Morgan fingerprint density at radius 3 is 2.64 bits per heavy atom. The van der Waals surface area contributed by atoms with Crippen LogP contribution in [0, 0.1) is 11.3 Å². The van der Waals surface area contributed by atoms with Crippen molar-refractivity contribution < 1.29 is 8.85 Å². The predicted octanol–water partition coefficient (Wildman–Crippen LogP) is 1.37. The summed E-state index contributed by atoms with van der Waals surface area (Å²) in [4.78, 5) is 0. The summed E-state index contributed by atoms with van der Waals surface area (Å²) in [7, 11) is -0.296. The first-order valence-electron chi connectivity index (χ1n) is 4.94. The van der Waals surface area contributed by atoms with Gasteiger partial charge in [-0.3, -0.25) is 0 Å². The van der Waals surface area contributed by atoms with Crippen molar-refractivity contribution in [2.24, 2.45) is 5.73 Å². The molecule has 0 saturated carbocycles. The van der Waals surface area contributed by atoms with Crippen LogP contribution in [-0.4, -0.2) is 28.8 Å². The van der Waals surface area contributed by atoms with Gasteiger partial charge in [-0.2, -0.15) is 5.26 Å². The van der Waals surface area contributed by atoms with Gasteiger partial charge in [-0.05, 0) is 32.0 Å². The summed E-state index contributed by atoms with van der Waals surface area (Å²) in [5, 5.41) is 8.35. The summed E-state index contributed by atoms with van der Waals surface area (Å²) >= 11 is 0. The van der Waals surface area contributed by atoms with Crippen molar-refractivity contribution in [1.29, 1.82) is 5.26 Å². The van der Waals surface area contributed by atoms with Gasteiger partial charge in [0, 0.05) is 20.1 Å². The lowest BCUT2D eigenvalue weighted by Gasteiger charge is -2.24. The van der Waals surface area contributed by atoms with Crippen LogP contribution in [0.5, 0.6) is 0 Å². The molecule has 0 rings (SSSR count). The van der Waals surface area contributed by atoms with Gasteiger partial charge in [0.15, 0.2) is 0 Å². The first-order valence-corrected chi connectivity index (χ1v) is 7.47. The van der Waals surface area contributed by atoms with Crippen LogP contribution in [0.15, 0.2) is 0 Å². The number of rotatable bonds is 8. The molecule has 0 bridgehead atoms. The molecule has 14 heavy (non-hydrogen) atoms. The summed E-state index contributed by atoms with van der Waals surface area (Å²) in [5.41, 5.74) is 5.43. The highest BCUT2D eigenvalue weighted by Gasteiger charge is 2.28. The maximum absolute atomic E-state index is 8.35. The van der Waals surface area contributed by atoms with Gasteiger partial charge in [-0.1, -0.05) is 0 Å². The Morgan fingerprint density at radius 1 is 1.43 bits per heavy atom. The average molecular weight is 216 g/mol. The third kappa shape index (κ3) is 6.10. The molecule has 0 aromatic carbocycles. The van der Waals surface area contributed by atoms with Crippen molar-refractivity contribution in [2.75, 3.05) is 20.3 Å². The van der Waals surface area contributed by atoms with Gasteiger partial charge in [0.1, 0.15) is 0 Å². The molecule has 0 fully saturated rings. The fourth-order valence-electron chi connectivity index (χ4n) is 1.10. The van der Waals surface area contributed by atoms with Gasteiger partial charge < -0.3 is 14.6 Å². The number of nitrogens with two attached hydrogens (primary N) is 1. The van der Waals surface area contributed by atoms with E-state index >= 15 is 0 Å². The second-order valence-corrected chi connectivity index (χ2v) is 6.80. The van der Waals surface area contributed by atoms with Crippen molar-refractivity contribution in [1.82, 2.24) is 0 Å². The largest absolute Gasteiger partial charge is 0.398 e. The van der Waals surface area contributed by atoms with Gasteiger partial charge in [0.2, 0.25) is 0 Å². The molecule has 0 aliphatic carbocycles. The van der Waals surface area contributed by atoms with Crippen molar-refractivity contribution in [3.8, 4) is 6.07 Å². The number of hydrogen-bond donors (Lipinski definition) is 1. The predicted molar refractivity (Wildman–Crippen MR) is 57.9 cm³/mol. The van der Waals surface area contributed by atoms with Gasteiger partial charge >= 0.3 is 8.56 Å².